The van der Waals surface area contributed by atoms with Crippen molar-refractivity contribution >= 4 is 5.82 Å². The van der Waals surface area contributed by atoms with E-state index in [2.05, 4.69) is 15.4 Å². The second-order valence-corrected chi connectivity index (χ2v) is 11.3. The molecule has 0 bridgehead atoms. The highest BCUT2D eigenvalue weighted by molar-refractivity contribution is 5.52. The second kappa shape index (κ2) is 13.8. The number of nitrogens with two attached hydrogens (primary N) is 1. The number of H-pyrrole nitrogens is 1. The van der Waals surface area contributed by atoms with Crippen LogP contribution >= 0.6 is 0 Å². The highest BCUT2D eigenvalue weighted by Crippen LogP contribution is 2.45. The molecule has 1 fully saturated rings. The zero-order valence-electron chi connectivity index (χ0n) is 25.6. The summed E-state index contributed by atoms with van der Waals surface area (Å²) < 4.78 is 119. The molecule has 0 amide bonds. The van der Waals surface area contributed by atoms with E-state index in [4.69, 9.17) is 24.7 Å². The van der Waals surface area contributed by atoms with Gasteiger partial charge in [0.2, 0.25) is 0 Å². The Kier molecular flexibility index (Phi) is 10.7. The number of morpholine rings is 1. The molecule has 1 aromatic heterocycles. The highest BCUT2D eigenvalue weighted by Gasteiger charge is 2.50. The van der Waals surface area contributed by atoms with Crippen molar-refractivity contribution in [2.75, 3.05) is 45.5 Å². The summed E-state index contributed by atoms with van der Waals surface area (Å²) in [6.45, 7) is 3.78. The predicted molar refractivity (Wildman–Crippen MR) is 152 cm³/mol. The number of aromatic nitrogens is 3. The zero-order chi connectivity index (χ0) is 33.9. The molecule has 3 N–H and O–H groups in total. The summed E-state index contributed by atoms with van der Waals surface area (Å²) in [5, 5.41) is 11.4. The van der Waals surface area contributed by atoms with E-state index in [-0.39, 0.29) is 38.0 Å². The molecule has 1 aliphatic heterocycles. The Morgan fingerprint density at radius 3 is 2.07 bits per heavy atom. The molecule has 2 heterocycles. The van der Waals surface area contributed by atoms with Crippen LogP contribution in [0.15, 0.2) is 42.5 Å². The predicted octanol–water partition coefficient (Wildman–Crippen LogP) is 6.06. The van der Waals surface area contributed by atoms with Crippen LogP contribution in [0.5, 0.6) is 0 Å². The average Bonchev–Trinajstić information content (AvgIpc) is 3.50. The first-order chi connectivity index (χ1) is 21.5. The molecule has 0 aliphatic carbocycles. The van der Waals surface area contributed by atoms with Crippen molar-refractivity contribution in [2.45, 2.75) is 62.5 Å². The number of anilines is 1. The molecule has 9 nitrogen and oxygen atoms in total. The van der Waals surface area contributed by atoms with Crippen LogP contribution in [0.3, 0.4) is 0 Å². The first kappa shape index (κ1) is 35.5. The normalized spacial score (nSPS) is 20.3. The minimum atomic E-state index is -5.04. The number of nitrogens with one attached hydrogen (secondary N) is 1. The van der Waals surface area contributed by atoms with E-state index in [1.165, 1.54) is 45.4 Å². The molecule has 1 aliphatic rings. The Morgan fingerprint density at radius 1 is 0.978 bits per heavy atom. The van der Waals surface area contributed by atoms with Crippen LogP contribution in [0.1, 0.15) is 60.7 Å². The SMILES string of the molecule is COCCC(N)(CCOC)c1n[nH]nc1N1CCO[C@H](OC(C)c2cc(C(F)(F)F)cc(C(F)(F)F)c2)[C@]1(C)c1ccc(F)cc1. The van der Waals surface area contributed by atoms with Gasteiger partial charge in [-0.25, -0.2) is 4.39 Å². The summed E-state index contributed by atoms with van der Waals surface area (Å²) in [6.07, 6.45) is -12.0. The van der Waals surface area contributed by atoms with Crippen LogP contribution in [0.4, 0.5) is 36.6 Å². The maximum absolute atomic E-state index is 14.1. The number of halogens is 7. The fourth-order valence-electron chi connectivity index (χ4n) is 5.51. The highest BCUT2D eigenvalue weighted by atomic mass is 19.4. The third-order valence-corrected chi connectivity index (χ3v) is 8.20. The maximum atomic E-state index is 14.1. The van der Waals surface area contributed by atoms with E-state index in [9.17, 15) is 30.7 Å². The molecule has 0 spiro atoms. The van der Waals surface area contributed by atoms with E-state index in [1.807, 2.05) is 0 Å². The monoisotopic (exact) mass is 663 g/mol. The fraction of sp³-hybridized carbons (Fsp3) is 0.533. The van der Waals surface area contributed by atoms with Gasteiger partial charge in [0.1, 0.15) is 17.1 Å². The van der Waals surface area contributed by atoms with Gasteiger partial charge < -0.3 is 29.6 Å². The van der Waals surface area contributed by atoms with Crippen LogP contribution in [-0.2, 0) is 42.4 Å². The van der Waals surface area contributed by atoms with E-state index in [1.54, 1.807) is 11.8 Å². The molecule has 0 saturated carbocycles. The summed E-state index contributed by atoms with van der Waals surface area (Å²) >= 11 is 0. The number of methoxy groups -OCH3 is 2. The first-order valence-electron chi connectivity index (χ1n) is 14.3. The summed E-state index contributed by atoms with van der Waals surface area (Å²) in [6, 6.07) is 6.66. The molecule has 2 aromatic carbocycles. The van der Waals surface area contributed by atoms with Crippen LogP contribution in [0, 0.1) is 5.82 Å². The van der Waals surface area contributed by atoms with Crippen molar-refractivity contribution in [1.82, 2.24) is 15.4 Å². The Morgan fingerprint density at radius 2 is 1.54 bits per heavy atom. The number of nitrogens with zero attached hydrogens (tertiary/aromatic N) is 3. The molecular weight excluding hydrogens is 627 g/mol. The van der Waals surface area contributed by atoms with E-state index in [0.29, 0.717) is 42.0 Å². The van der Waals surface area contributed by atoms with Crippen molar-refractivity contribution in [3.05, 3.63) is 76.2 Å². The van der Waals surface area contributed by atoms with Crippen LogP contribution < -0.4 is 10.6 Å². The molecular formula is C30H36F7N5O4. The summed E-state index contributed by atoms with van der Waals surface area (Å²) in [7, 11) is 3.05. The molecule has 3 aromatic rings. The smallest absolute Gasteiger partial charge is 0.385 e. The van der Waals surface area contributed by atoms with Crippen molar-refractivity contribution in [3.63, 3.8) is 0 Å². The minimum absolute atomic E-state index is 0.0184. The van der Waals surface area contributed by atoms with E-state index >= 15 is 0 Å². The van der Waals surface area contributed by atoms with Crippen molar-refractivity contribution in [1.29, 1.82) is 0 Å². The molecule has 0 radical (unpaired) electrons. The van der Waals surface area contributed by atoms with Gasteiger partial charge in [-0.3, -0.25) is 0 Å². The van der Waals surface area contributed by atoms with Crippen LogP contribution in [0.2, 0.25) is 0 Å². The largest absolute Gasteiger partial charge is 0.416 e. The lowest BCUT2D eigenvalue weighted by molar-refractivity contribution is -0.217. The Hall–Kier alpha value is -3.31. The Bertz CT molecular complexity index is 1410. The van der Waals surface area contributed by atoms with Gasteiger partial charge in [-0.15, -0.1) is 5.10 Å². The number of ether oxygens (including phenoxy) is 4. The van der Waals surface area contributed by atoms with Gasteiger partial charge in [-0.05, 0) is 68.1 Å². The summed E-state index contributed by atoms with van der Waals surface area (Å²) in [4.78, 5) is 1.77. The quantitative estimate of drug-likeness (QED) is 0.225. The molecule has 1 unspecified atom stereocenters. The van der Waals surface area contributed by atoms with E-state index in [0.717, 1.165) is 0 Å². The van der Waals surface area contributed by atoms with Gasteiger partial charge in [0, 0.05) is 34.0 Å². The molecule has 46 heavy (non-hydrogen) atoms. The lowest BCUT2D eigenvalue weighted by Crippen LogP contribution is -2.60. The molecule has 16 heteroatoms. The minimum Gasteiger partial charge on any atom is -0.385 e. The zero-order valence-corrected chi connectivity index (χ0v) is 25.6. The number of benzene rings is 2. The Balaban J connectivity index is 1.80. The van der Waals surface area contributed by atoms with Crippen molar-refractivity contribution in [2.24, 2.45) is 5.73 Å². The summed E-state index contributed by atoms with van der Waals surface area (Å²) in [5.41, 5.74) is 1.91. The van der Waals surface area contributed by atoms with Gasteiger partial charge in [-0.1, -0.05) is 12.1 Å². The third-order valence-electron chi connectivity index (χ3n) is 8.20. The molecule has 3 atom stereocenters. The summed E-state index contributed by atoms with van der Waals surface area (Å²) in [5.74, 6) is -0.239. The third kappa shape index (κ3) is 7.46. The molecule has 1 saturated heterocycles. The second-order valence-electron chi connectivity index (χ2n) is 11.3. The van der Waals surface area contributed by atoms with E-state index < -0.39 is 52.8 Å². The molecule has 254 valence electrons. The average molecular weight is 664 g/mol. The van der Waals surface area contributed by atoms with Gasteiger partial charge >= 0.3 is 12.4 Å². The van der Waals surface area contributed by atoms with Gasteiger partial charge in [-0.2, -0.15) is 36.7 Å². The Labute approximate surface area is 261 Å². The number of hydrogen-bond donors (Lipinski definition) is 2. The lowest BCUT2D eigenvalue weighted by atomic mass is 9.85. The number of alkyl halides is 6. The fourth-order valence-corrected chi connectivity index (χ4v) is 5.51. The number of aromatic amines is 1. The van der Waals surface area contributed by atoms with Crippen LogP contribution in [0.25, 0.3) is 0 Å². The van der Waals surface area contributed by atoms with Gasteiger partial charge in [0.25, 0.3) is 0 Å². The maximum Gasteiger partial charge on any atom is 0.416 e. The van der Waals surface area contributed by atoms with Gasteiger partial charge in [0.05, 0.1) is 29.4 Å². The van der Waals surface area contributed by atoms with Crippen molar-refractivity contribution in [3.8, 4) is 0 Å². The van der Waals surface area contributed by atoms with Crippen molar-refractivity contribution < 1.29 is 49.7 Å². The number of rotatable bonds is 12. The van der Waals surface area contributed by atoms with Crippen LogP contribution in [-0.4, -0.2) is 62.3 Å². The topological polar surface area (TPSA) is 108 Å². The molecule has 4 rings (SSSR count). The lowest BCUT2D eigenvalue weighted by Gasteiger charge is -2.50. The number of hydrogen-bond acceptors (Lipinski definition) is 8. The standard InChI is InChI=1S/C30H36F7N5O4/c1-18(19-15-21(29(32,33)34)17-22(16-19)30(35,36)37)46-26-27(2,20-5-7-23(31)8-6-20)42(11-14-45-26)25-24(39-41-40-25)28(38,9-12-43-3)10-13-44-4/h5-8,15-18,26H,9-14,38H2,1-4H3,(H,39,40,41)/t18?,26-,27+/m1/s1. The van der Waals surface area contributed by atoms with Gasteiger partial charge in [0.15, 0.2) is 12.1 Å². The first-order valence-corrected chi connectivity index (χ1v) is 14.3.